The lowest BCUT2D eigenvalue weighted by Crippen LogP contribution is -2.35. The molecule has 2 aromatic rings. The number of amides is 1. The van der Waals surface area contributed by atoms with E-state index < -0.39 is 0 Å². The first-order valence-corrected chi connectivity index (χ1v) is 9.34. The summed E-state index contributed by atoms with van der Waals surface area (Å²) in [7, 11) is 0. The zero-order valence-electron chi connectivity index (χ0n) is 15.2. The minimum atomic E-state index is 0.109. The van der Waals surface area contributed by atoms with Gasteiger partial charge in [-0.2, -0.15) is 0 Å². The summed E-state index contributed by atoms with van der Waals surface area (Å²) in [6, 6.07) is 15.7. The highest BCUT2D eigenvalue weighted by molar-refractivity contribution is 5.94. The molecule has 1 aliphatic heterocycles. The van der Waals surface area contributed by atoms with E-state index >= 15 is 0 Å². The summed E-state index contributed by atoms with van der Waals surface area (Å²) < 4.78 is 5.95. The highest BCUT2D eigenvalue weighted by atomic mass is 16.5. The summed E-state index contributed by atoms with van der Waals surface area (Å²) >= 11 is 0. The maximum Gasteiger partial charge on any atom is 0.253 e. The van der Waals surface area contributed by atoms with Crippen LogP contribution in [-0.4, -0.2) is 23.9 Å². The molecule has 1 amide bonds. The number of nitrogens with zero attached hydrogens (tertiary/aromatic N) is 1. The standard InChI is InChI=1S/C22H27NO2/c1-3-17(2)18-10-12-20(13-11-18)25-21-9-7-8-19(16-21)22(24)23-14-5-4-6-15-23/h7-13,16-17H,3-6,14-15H2,1-2H3. The molecule has 0 bridgehead atoms. The van der Waals surface area contributed by atoms with Crippen molar-refractivity contribution in [3.63, 3.8) is 0 Å². The highest BCUT2D eigenvalue weighted by Crippen LogP contribution is 2.26. The molecule has 132 valence electrons. The number of likely N-dealkylation sites (tertiary alicyclic amines) is 1. The largest absolute Gasteiger partial charge is 0.457 e. The fourth-order valence-electron chi connectivity index (χ4n) is 3.21. The van der Waals surface area contributed by atoms with Crippen LogP contribution < -0.4 is 4.74 Å². The Balaban J connectivity index is 1.70. The molecular weight excluding hydrogens is 310 g/mol. The monoisotopic (exact) mass is 337 g/mol. The third-order valence-electron chi connectivity index (χ3n) is 5.02. The lowest BCUT2D eigenvalue weighted by molar-refractivity contribution is 0.0724. The third kappa shape index (κ3) is 4.41. The number of benzene rings is 2. The second-order valence-corrected chi connectivity index (χ2v) is 6.86. The van der Waals surface area contributed by atoms with Gasteiger partial charge in [-0.3, -0.25) is 4.79 Å². The van der Waals surface area contributed by atoms with Crippen molar-refractivity contribution in [2.75, 3.05) is 13.1 Å². The second-order valence-electron chi connectivity index (χ2n) is 6.86. The fourth-order valence-corrected chi connectivity index (χ4v) is 3.21. The van der Waals surface area contributed by atoms with E-state index in [1.807, 2.05) is 41.3 Å². The Morgan fingerprint density at radius 3 is 2.44 bits per heavy atom. The molecule has 0 saturated carbocycles. The van der Waals surface area contributed by atoms with E-state index in [0.29, 0.717) is 17.2 Å². The van der Waals surface area contributed by atoms with Crippen LogP contribution in [-0.2, 0) is 0 Å². The zero-order chi connectivity index (χ0) is 17.6. The molecule has 0 aliphatic carbocycles. The average molecular weight is 337 g/mol. The molecule has 0 radical (unpaired) electrons. The van der Waals surface area contributed by atoms with Gasteiger partial charge in [-0.05, 0) is 67.5 Å². The second kappa shape index (κ2) is 8.19. The summed E-state index contributed by atoms with van der Waals surface area (Å²) in [6.07, 6.45) is 4.55. The van der Waals surface area contributed by atoms with Crippen LogP contribution in [0.5, 0.6) is 11.5 Å². The number of hydrogen-bond acceptors (Lipinski definition) is 2. The van der Waals surface area contributed by atoms with Crippen molar-refractivity contribution in [1.82, 2.24) is 4.90 Å². The zero-order valence-corrected chi connectivity index (χ0v) is 15.2. The summed E-state index contributed by atoms with van der Waals surface area (Å²) in [5.41, 5.74) is 2.03. The van der Waals surface area contributed by atoms with Crippen LogP contribution in [0.25, 0.3) is 0 Å². The van der Waals surface area contributed by atoms with Crippen LogP contribution in [0.2, 0.25) is 0 Å². The normalized spacial score (nSPS) is 15.7. The summed E-state index contributed by atoms with van der Waals surface area (Å²) in [5, 5.41) is 0. The molecule has 1 heterocycles. The third-order valence-corrected chi connectivity index (χ3v) is 5.02. The number of carbonyl (C=O) groups is 1. The van der Waals surface area contributed by atoms with Gasteiger partial charge in [-0.25, -0.2) is 0 Å². The molecule has 0 aromatic heterocycles. The summed E-state index contributed by atoms with van der Waals surface area (Å²) in [4.78, 5) is 14.6. The maximum absolute atomic E-state index is 12.6. The molecule has 3 heteroatoms. The molecule has 2 aromatic carbocycles. The van der Waals surface area contributed by atoms with E-state index in [9.17, 15) is 4.79 Å². The van der Waals surface area contributed by atoms with Crippen molar-refractivity contribution in [2.24, 2.45) is 0 Å². The van der Waals surface area contributed by atoms with E-state index in [1.165, 1.54) is 12.0 Å². The average Bonchev–Trinajstić information content (AvgIpc) is 2.68. The first kappa shape index (κ1) is 17.5. The Bertz CT molecular complexity index is 702. The lowest BCUT2D eigenvalue weighted by Gasteiger charge is -2.26. The Hall–Kier alpha value is -2.29. The number of carbonyl (C=O) groups excluding carboxylic acids is 1. The van der Waals surface area contributed by atoms with Gasteiger partial charge < -0.3 is 9.64 Å². The SMILES string of the molecule is CCC(C)c1ccc(Oc2cccc(C(=O)N3CCCCC3)c2)cc1. The topological polar surface area (TPSA) is 29.5 Å². The Morgan fingerprint density at radius 2 is 1.76 bits per heavy atom. The quantitative estimate of drug-likeness (QED) is 0.709. The van der Waals surface area contributed by atoms with Gasteiger partial charge in [-0.15, -0.1) is 0 Å². The highest BCUT2D eigenvalue weighted by Gasteiger charge is 2.18. The van der Waals surface area contributed by atoms with Crippen LogP contribution in [0.4, 0.5) is 0 Å². The van der Waals surface area contributed by atoms with Crippen molar-refractivity contribution < 1.29 is 9.53 Å². The van der Waals surface area contributed by atoms with Crippen molar-refractivity contribution in [3.05, 3.63) is 59.7 Å². The van der Waals surface area contributed by atoms with Crippen LogP contribution in [0.15, 0.2) is 48.5 Å². The van der Waals surface area contributed by atoms with Gasteiger partial charge in [0, 0.05) is 18.7 Å². The minimum absolute atomic E-state index is 0.109. The predicted octanol–water partition coefficient (Wildman–Crippen LogP) is 5.62. The van der Waals surface area contributed by atoms with E-state index in [1.54, 1.807) is 0 Å². The van der Waals surface area contributed by atoms with Crippen LogP contribution in [0, 0.1) is 0 Å². The minimum Gasteiger partial charge on any atom is -0.457 e. The predicted molar refractivity (Wildman–Crippen MR) is 101 cm³/mol. The molecule has 1 unspecified atom stereocenters. The number of hydrogen-bond donors (Lipinski definition) is 0. The van der Waals surface area contributed by atoms with Gasteiger partial charge in [0.25, 0.3) is 5.91 Å². The molecule has 25 heavy (non-hydrogen) atoms. The smallest absolute Gasteiger partial charge is 0.253 e. The van der Waals surface area contributed by atoms with Crippen molar-refractivity contribution in [2.45, 2.75) is 45.4 Å². The first-order chi connectivity index (χ1) is 12.2. The molecule has 1 aliphatic rings. The van der Waals surface area contributed by atoms with Gasteiger partial charge in [0.05, 0.1) is 0 Å². The number of ether oxygens (including phenoxy) is 1. The van der Waals surface area contributed by atoms with Gasteiger partial charge >= 0.3 is 0 Å². The maximum atomic E-state index is 12.6. The van der Waals surface area contributed by atoms with Gasteiger partial charge in [0.1, 0.15) is 11.5 Å². The molecule has 0 spiro atoms. The van der Waals surface area contributed by atoms with Crippen LogP contribution in [0.1, 0.15) is 61.4 Å². The van der Waals surface area contributed by atoms with Crippen LogP contribution in [0.3, 0.4) is 0 Å². The molecule has 0 N–H and O–H groups in total. The molecule has 3 nitrogen and oxygen atoms in total. The van der Waals surface area contributed by atoms with Gasteiger partial charge in [-0.1, -0.05) is 32.0 Å². The van der Waals surface area contributed by atoms with E-state index in [0.717, 1.165) is 38.1 Å². The fraction of sp³-hybridized carbons (Fsp3) is 0.409. The molecule has 1 saturated heterocycles. The van der Waals surface area contributed by atoms with E-state index in [4.69, 9.17) is 4.74 Å². The Labute approximate surface area is 150 Å². The molecular formula is C22H27NO2. The molecule has 1 fully saturated rings. The van der Waals surface area contributed by atoms with Gasteiger partial charge in [0.2, 0.25) is 0 Å². The van der Waals surface area contributed by atoms with Crippen LogP contribution >= 0.6 is 0 Å². The number of rotatable bonds is 5. The Morgan fingerprint density at radius 1 is 1.04 bits per heavy atom. The van der Waals surface area contributed by atoms with Gasteiger partial charge in [0.15, 0.2) is 0 Å². The van der Waals surface area contributed by atoms with Crippen molar-refractivity contribution in [3.8, 4) is 11.5 Å². The Kier molecular flexibility index (Phi) is 5.75. The molecule has 1 atom stereocenters. The first-order valence-electron chi connectivity index (χ1n) is 9.34. The van der Waals surface area contributed by atoms with E-state index in [2.05, 4.69) is 26.0 Å². The summed E-state index contributed by atoms with van der Waals surface area (Å²) in [6.45, 7) is 6.15. The molecule has 3 rings (SSSR count). The van der Waals surface area contributed by atoms with E-state index in [-0.39, 0.29) is 5.91 Å². The van der Waals surface area contributed by atoms with Crippen molar-refractivity contribution >= 4 is 5.91 Å². The lowest BCUT2D eigenvalue weighted by atomic mass is 9.99. The number of piperidine rings is 1. The summed E-state index contributed by atoms with van der Waals surface area (Å²) in [5.74, 6) is 2.17. The van der Waals surface area contributed by atoms with Crippen molar-refractivity contribution in [1.29, 1.82) is 0 Å².